The Bertz CT molecular complexity index is 532. The Hall–Kier alpha value is -1.26. The van der Waals surface area contributed by atoms with Gasteiger partial charge in [-0.2, -0.15) is 0 Å². The largest absolute Gasteiger partial charge is 0.399 e. The van der Waals surface area contributed by atoms with Gasteiger partial charge in [-0.25, -0.2) is 4.98 Å². The van der Waals surface area contributed by atoms with E-state index in [-0.39, 0.29) is 0 Å². The van der Waals surface area contributed by atoms with Crippen LogP contribution in [0.25, 0.3) is 0 Å². The molecule has 5 heteroatoms. The third-order valence-corrected chi connectivity index (χ3v) is 4.15. The van der Waals surface area contributed by atoms with Crippen LogP contribution < -0.4 is 10.6 Å². The smallest absolute Gasteiger partial charge is 0.133 e. The zero-order valence-electron chi connectivity index (χ0n) is 9.19. The van der Waals surface area contributed by atoms with Crippen LogP contribution in [0.3, 0.4) is 0 Å². The van der Waals surface area contributed by atoms with Crippen LogP contribution in [-0.4, -0.2) is 11.5 Å². The highest BCUT2D eigenvalue weighted by atomic mass is 35.5. The molecule has 0 aliphatic carbocycles. The number of halogens is 1. The Kier molecular flexibility index (Phi) is 2.68. The third-order valence-electron chi connectivity index (χ3n) is 2.93. The number of hydrogen-bond donors (Lipinski definition) is 1. The number of pyridine rings is 1. The second-order valence-electron chi connectivity index (χ2n) is 4.12. The number of nitrogen functional groups attached to an aromatic ring is 1. The van der Waals surface area contributed by atoms with Crippen molar-refractivity contribution in [2.75, 3.05) is 17.2 Å². The maximum Gasteiger partial charge on any atom is 0.133 e. The van der Waals surface area contributed by atoms with Crippen molar-refractivity contribution < 1.29 is 0 Å². The van der Waals surface area contributed by atoms with E-state index in [2.05, 4.69) is 21.3 Å². The summed E-state index contributed by atoms with van der Waals surface area (Å²) in [7, 11) is 0. The standard InChI is InChI=1S/C12H12ClN3S/c13-11-5-9(14)6-12(15-11)16-3-1-10-8(7-16)2-4-17-10/h2,4-6H,1,3,7H2,(H2,14,15). The molecule has 2 aromatic rings. The summed E-state index contributed by atoms with van der Waals surface area (Å²) in [6, 6.07) is 5.73. The Morgan fingerprint density at radius 2 is 2.29 bits per heavy atom. The topological polar surface area (TPSA) is 42.1 Å². The van der Waals surface area contributed by atoms with E-state index in [0.717, 1.165) is 25.3 Å². The molecule has 2 aromatic heterocycles. The average Bonchev–Trinajstić information content (AvgIpc) is 2.74. The highest BCUT2D eigenvalue weighted by Gasteiger charge is 2.18. The first-order valence-corrected chi connectivity index (χ1v) is 6.71. The Balaban J connectivity index is 1.91. The van der Waals surface area contributed by atoms with Crippen LogP contribution in [0.5, 0.6) is 0 Å². The van der Waals surface area contributed by atoms with Crippen LogP contribution in [0.2, 0.25) is 5.15 Å². The van der Waals surface area contributed by atoms with Crippen molar-refractivity contribution in [2.24, 2.45) is 0 Å². The maximum absolute atomic E-state index is 5.93. The predicted octanol–water partition coefficient (Wildman–Crippen LogP) is 2.94. The Morgan fingerprint density at radius 3 is 3.12 bits per heavy atom. The normalized spacial score (nSPS) is 14.8. The monoisotopic (exact) mass is 265 g/mol. The van der Waals surface area contributed by atoms with Crippen molar-refractivity contribution in [3.63, 3.8) is 0 Å². The molecule has 0 atom stereocenters. The zero-order chi connectivity index (χ0) is 11.8. The summed E-state index contributed by atoms with van der Waals surface area (Å²) < 4.78 is 0. The Labute approximate surface area is 109 Å². The number of anilines is 2. The van der Waals surface area contributed by atoms with Crippen LogP contribution in [0.4, 0.5) is 11.5 Å². The molecule has 0 spiro atoms. The number of rotatable bonds is 1. The fourth-order valence-corrected chi connectivity index (χ4v) is 3.21. The number of hydrogen-bond acceptors (Lipinski definition) is 4. The summed E-state index contributed by atoms with van der Waals surface area (Å²) in [6.45, 7) is 1.87. The first-order valence-electron chi connectivity index (χ1n) is 5.45. The van der Waals surface area contributed by atoms with Gasteiger partial charge in [0.1, 0.15) is 11.0 Å². The van der Waals surface area contributed by atoms with Gasteiger partial charge in [0.05, 0.1) is 0 Å². The number of thiophene rings is 1. The van der Waals surface area contributed by atoms with Gasteiger partial charge in [-0.15, -0.1) is 11.3 Å². The van der Waals surface area contributed by atoms with Gasteiger partial charge in [-0.05, 0) is 29.5 Å². The van der Waals surface area contributed by atoms with E-state index in [4.69, 9.17) is 17.3 Å². The maximum atomic E-state index is 5.93. The lowest BCUT2D eigenvalue weighted by Gasteiger charge is -2.28. The lowest BCUT2D eigenvalue weighted by Crippen LogP contribution is -2.30. The van der Waals surface area contributed by atoms with E-state index in [1.165, 1.54) is 10.4 Å². The summed E-state index contributed by atoms with van der Waals surface area (Å²) in [6.07, 6.45) is 1.07. The summed E-state index contributed by atoms with van der Waals surface area (Å²) >= 11 is 7.76. The second kappa shape index (κ2) is 4.20. The van der Waals surface area contributed by atoms with E-state index in [1.54, 1.807) is 6.07 Å². The molecule has 17 heavy (non-hydrogen) atoms. The summed E-state index contributed by atoms with van der Waals surface area (Å²) in [5.74, 6) is 0.867. The van der Waals surface area contributed by atoms with Crippen LogP contribution in [0.15, 0.2) is 23.6 Å². The molecule has 1 aliphatic heterocycles. The van der Waals surface area contributed by atoms with E-state index >= 15 is 0 Å². The van der Waals surface area contributed by atoms with Crippen molar-refractivity contribution in [1.82, 2.24) is 4.98 Å². The third kappa shape index (κ3) is 2.10. The van der Waals surface area contributed by atoms with Gasteiger partial charge in [-0.3, -0.25) is 0 Å². The molecule has 1 aliphatic rings. The van der Waals surface area contributed by atoms with E-state index in [9.17, 15) is 0 Å². The van der Waals surface area contributed by atoms with Gasteiger partial charge in [0, 0.05) is 29.7 Å². The molecule has 0 bridgehead atoms. The molecule has 0 aromatic carbocycles. The lowest BCUT2D eigenvalue weighted by molar-refractivity contribution is 0.732. The van der Waals surface area contributed by atoms with Gasteiger partial charge < -0.3 is 10.6 Å². The second-order valence-corrected chi connectivity index (χ2v) is 5.51. The van der Waals surface area contributed by atoms with E-state index < -0.39 is 0 Å². The van der Waals surface area contributed by atoms with Crippen LogP contribution in [0, 0.1) is 0 Å². The SMILES string of the molecule is Nc1cc(Cl)nc(N2CCc3sccc3C2)c1. The molecule has 2 N–H and O–H groups in total. The molecular weight excluding hydrogens is 254 g/mol. The minimum atomic E-state index is 0.455. The fraction of sp³-hybridized carbons (Fsp3) is 0.250. The van der Waals surface area contributed by atoms with Crippen LogP contribution in [0.1, 0.15) is 10.4 Å². The average molecular weight is 266 g/mol. The molecule has 0 fully saturated rings. The van der Waals surface area contributed by atoms with Gasteiger partial charge in [-0.1, -0.05) is 11.6 Å². The molecule has 0 saturated carbocycles. The first-order chi connectivity index (χ1) is 8.22. The number of aromatic nitrogens is 1. The van der Waals surface area contributed by atoms with Crippen LogP contribution in [-0.2, 0) is 13.0 Å². The first kappa shape index (κ1) is 10.9. The van der Waals surface area contributed by atoms with Crippen molar-refractivity contribution in [3.05, 3.63) is 39.2 Å². The van der Waals surface area contributed by atoms with Gasteiger partial charge in [0.15, 0.2) is 0 Å². The molecule has 3 nitrogen and oxygen atoms in total. The lowest BCUT2D eigenvalue weighted by atomic mass is 10.1. The van der Waals surface area contributed by atoms with Crippen molar-refractivity contribution in [3.8, 4) is 0 Å². The van der Waals surface area contributed by atoms with Crippen molar-refractivity contribution >= 4 is 34.4 Å². The number of fused-ring (bicyclic) bond motifs is 1. The molecular formula is C12H12ClN3S. The molecule has 0 saturated heterocycles. The van der Waals surface area contributed by atoms with E-state index in [1.807, 2.05) is 17.4 Å². The summed E-state index contributed by atoms with van der Waals surface area (Å²) in [5, 5.41) is 2.60. The summed E-state index contributed by atoms with van der Waals surface area (Å²) in [4.78, 5) is 8.03. The van der Waals surface area contributed by atoms with Crippen molar-refractivity contribution in [1.29, 1.82) is 0 Å². The highest BCUT2D eigenvalue weighted by molar-refractivity contribution is 7.10. The van der Waals surface area contributed by atoms with Crippen molar-refractivity contribution in [2.45, 2.75) is 13.0 Å². The fourth-order valence-electron chi connectivity index (χ4n) is 2.11. The van der Waals surface area contributed by atoms with Gasteiger partial charge in [0.25, 0.3) is 0 Å². The minimum absolute atomic E-state index is 0.455. The summed E-state index contributed by atoms with van der Waals surface area (Å²) in [5.41, 5.74) is 7.85. The van der Waals surface area contributed by atoms with Crippen LogP contribution >= 0.6 is 22.9 Å². The quantitative estimate of drug-likeness (QED) is 0.806. The van der Waals surface area contributed by atoms with Gasteiger partial charge >= 0.3 is 0 Å². The minimum Gasteiger partial charge on any atom is -0.399 e. The van der Waals surface area contributed by atoms with E-state index in [0.29, 0.717) is 10.8 Å². The predicted molar refractivity (Wildman–Crippen MR) is 72.7 cm³/mol. The molecule has 3 rings (SSSR count). The molecule has 0 unspecified atom stereocenters. The number of nitrogens with two attached hydrogens (primary N) is 1. The zero-order valence-corrected chi connectivity index (χ0v) is 10.8. The molecule has 88 valence electrons. The Morgan fingerprint density at radius 1 is 1.41 bits per heavy atom. The highest BCUT2D eigenvalue weighted by Crippen LogP contribution is 2.28. The van der Waals surface area contributed by atoms with Gasteiger partial charge in [0.2, 0.25) is 0 Å². The molecule has 3 heterocycles. The molecule has 0 radical (unpaired) electrons. The number of nitrogens with zero attached hydrogens (tertiary/aromatic N) is 2. The molecule has 0 amide bonds.